The lowest BCUT2D eigenvalue weighted by molar-refractivity contribution is -0.136. The van der Waals surface area contributed by atoms with Gasteiger partial charge in [0.2, 0.25) is 0 Å². The molecule has 1 spiro atoms. The molecular weight excluding hydrogens is 459 g/mol. The van der Waals surface area contributed by atoms with Crippen LogP contribution in [0.5, 0.6) is 5.75 Å². The summed E-state index contributed by atoms with van der Waals surface area (Å²) in [7, 11) is 0. The Bertz CT molecular complexity index is 1250. The number of nitrogens with two attached hydrogens (primary N) is 1. The zero-order chi connectivity index (χ0) is 25.1. The van der Waals surface area contributed by atoms with Gasteiger partial charge in [-0.1, -0.05) is 36.4 Å². The highest BCUT2D eigenvalue weighted by molar-refractivity contribution is 5.72. The van der Waals surface area contributed by atoms with E-state index in [1.54, 1.807) is 24.3 Å². The number of nitrogens with zero attached hydrogens (tertiary/aromatic N) is 1. The van der Waals surface area contributed by atoms with E-state index in [-0.39, 0.29) is 24.3 Å². The van der Waals surface area contributed by atoms with Crippen molar-refractivity contribution in [2.75, 3.05) is 31.2 Å². The maximum Gasteiger partial charge on any atom is 0.307 e. The lowest BCUT2D eigenvalue weighted by Gasteiger charge is -2.48. The predicted molar refractivity (Wildman–Crippen MR) is 137 cm³/mol. The Balaban J connectivity index is 1.47. The normalized spacial score (nSPS) is 16.6. The van der Waals surface area contributed by atoms with Crippen LogP contribution in [0.3, 0.4) is 0 Å². The average molecular weight is 491 g/mol. The first-order valence-corrected chi connectivity index (χ1v) is 12.3. The Kier molecular flexibility index (Phi) is 6.94. The minimum atomic E-state index is -0.943. The van der Waals surface area contributed by atoms with E-state index in [0.29, 0.717) is 29.1 Å². The first kappa shape index (κ1) is 24.3. The molecule has 3 N–H and O–H groups in total. The summed E-state index contributed by atoms with van der Waals surface area (Å²) >= 11 is 0. The maximum atomic E-state index is 15.9. The van der Waals surface area contributed by atoms with Crippen LogP contribution in [0.25, 0.3) is 11.1 Å². The molecule has 0 amide bonds. The summed E-state index contributed by atoms with van der Waals surface area (Å²) in [4.78, 5) is 13.4. The molecule has 3 aromatic rings. The third kappa shape index (κ3) is 5.08. The zero-order valence-electron chi connectivity index (χ0n) is 20.2. The predicted octanol–water partition coefficient (Wildman–Crippen LogP) is 4.77. The second-order valence-corrected chi connectivity index (χ2v) is 9.82. The molecule has 0 aromatic heterocycles. The number of carbonyl (C=O) groups is 1. The van der Waals surface area contributed by atoms with E-state index < -0.39 is 5.97 Å². The molecule has 2 aliphatic heterocycles. The third-order valence-electron chi connectivity index (χ3n) is 7.30. The highest BCUT2D eigenvalue weighted by atomic mass is 19.1. The van der Waals surface area contributed by atoms with Gasteiger partial charge in [0.15, 0.2) is 5.82 Å². The number of halogens is 1. The van der Waals surface area contributed by atoms with Crippen LogP contribution in [0.4, 0.5) is 10.1 Å². The van der Waals surface area contributed by atoms with E-state index in [9.17, 15) is 9.90 Å². The summed E-state index contributed by atoms with van der Waals surface area (Å²) < 4.78 is 27.4. The quantitative estimate of drug-likeness (QED) is 0.473. The zero-order valence-corrected chi connectivity index (χ0v) is 20.2. The van der Waals surface area contributed by atoms with E-state index in [2.05, 4.69) is 4.90 Å². The Hall–Kier alpha value is -3.42. The van der Waals surface area contributed by atoms with Gasteiger partial charge in [-0.3, -0.25) is 4.79 Å². The Morgan fingerprint density at radius 2 is 1.81 bits per heavy atom. The molecule has 0 radical (unpaired) electrons. The second kappa shape index (κ2) is 10.3. The fourth-order valence-corrected chi connectivity index (χ4v) is 5.06. The summed E-state index contributed by atoms with van der Waals surface area (Å²) in [5.74, 6) is -0.799. The van der Waals surface area contributed by atoms with Gasteiger partial charge in [-0.2, -0.15) is 0 Å². The number of hydrogen-bond acceptors (Lipinski definition) is 5. The van der Waals surface area contributed by atoms with Crippen molar-refractivity contribution >= 4 is 11.7 Å². The number of para-hydroxylation sites is 1. The summed E-state index contributed by atoms with van der Waals surface area (Å²) in [6, 6.07) is 18.7. The molecule has 0 bridgehead atoms. The first-order valence-electron chi connectivity index (χ1n) is 12.3. The number of rotatable bonds is 8. The number of hydrogen-bond donors (Lipinski definition) is 2. The van der Waals surface area contributed by atoms with Gasteiger partial charge >= 0.3 is 5.97 Å². The molecule has 36 heavy (non-hydrogen) atoms. The summed E-state index contributed by atoms with van der Waals surface area (Å²) in [5.41, 5.74) is 10.5. The van der Waals surface area contributed by atoms with Crippen LogP contribution in [0, 0.1) is 11.2 Å². The van der Waals surface area contributed by atoms with E-state index in [1.807, 2.05) is 36.4 Å². The molecule has 0 unspecified atom stereocenters. The molecule has 0 saturated carbocycles. The second-order valence-electron chi connectivity index (χ2n) is 9.82. The van der Waals surface area contributed by atoms with Crippen molar-refractivity contribution < 1.29 is 23.8 Å². The van der Waals surface area contributed by atoms with Crippen molar-refractivity contribution in [3.8, 4) is 16.9 Å². The average Bonchev–Trinajstić information content (AvgIpc) is 2.88. The molecule has 3 aromatic carbocycles. The van der Waals surface area contributed by atoms with Gasteiger partial charge < -0.3 is 25.2 Å². The lowest BCUT2D eigenvalue weighted by Crippen LogP contribution is -2.51. The lowest BCUT2D eigenvalue weighted by atomic mass is 9.76. The SMILES string of the molecule is NCc1cccc(-c2cc(COc3ccccc3CC(=O)O)c(F)c(N3CCC4(CC3)COC4)c2)c1. The molecule has 6 nitrogen and oxygen atoms in total. The first-order chi connectivity index (χ1) is 17.5. The van der Waals surface area contributed by atoms with Gasteiger partial charge in [0.05, 0.1) is 25.3 Å². The van der Waals surface area contributed by atoms with Crippen molar-refractivity contribution in [2.45, 2.75) is 32.4 Å². The maximum absolute atomic E-state index is 15.9. The van der Waals surface area contributed by atoms with Crippen LogP contribution in [-0.4, -0.2) is 37.4 Å². The van der Waals surface area contributed by atoms with Gasteiger partial charge in [-0.15, -0.1) is 0 Å². The van der Waals surface area contributed by atoms with Crippen molar-refractivity contribution in [1.82, 2.24) is 0 Å². The van der Waals surface area contributed by atoms with Crippen molar-refractivity contribution in [3.05, 3.63) is 83.2 Å². The fraction of sp³-hybridized carbons (Fsp3) is 0.345. The number of ether oxygens (including phenoxy) is 2. The highest BCUT2D eigenvalue weighted by Gasteiger charge is 2.41. The van der Waals surface area contributed by atoms with Gasteiger partial charge in [0, 0.05) is 36.2 Å². The van der Waals surface area contributed by atoms with Crippen LogP contribution in [-0.2, 0) is 29.1 Å². The van der Waals surface area contributed by atoms with Crippen molar-refractivity contribution in [1.29, 1.82) is 0 Å². The van der Waals surface area contributed by atoms with Gasteiger partial charge in [-0.05, 0) is 53.8 Å². The third-order valence-corrected chi connectivity index (χ3v) is 7.30. The number of aliphatic carboxylic acids is 1. The topological polar surface area (TPSA) is 85.0 Å². The Labute approximate surface area is 210 Å². The number of piperidine rings is 1. The standard InChI is InChI=1S/C29H31FN2O4/c30-28-24(17-36-26-7-2-1-5-22(26)15-27(33)34)13-23(21-6-3-4-20(12-21)16-31)14-25(28)32-10-8-29(9-11-32)18-35-19-29/h1-7,12-14H,8-11,15-19,31H2,(H,33,34). The monoisotopic (exact) mass is 490 g/mol. The summed E-state index contributed by atoms with van der Waals surface area (Å²) in [6.45, 7) is 3.55. The summed E-state index contributed by atoms with van der Waals surface area (Å²) in [5, 5.41) is 9.23. The smallest absolute Gasteiger partial charge is 0.307 e. The molecule has 2 fully saturated rings. The molecular formula is C29H31FN2O4. The molecule has 7 heteroatoms. The fourth-order valence-electron chi connectivity index (χ4n) is 5.06. The minimum absolute atomic E-state index is 0.00843. The van der Waals surface area contributed by atoms with E-state index in [0.717, 1.165) is 55.8 Å². The molecule has 188 valence electrons. The number of carboxylic acids is 1. The van der Waals surface area contributed by atoms with E-state index >= 15 is 4.39 Å². The summed E-state index contributed by atoms with van der Waals surface area (Å²) in [6.07, 6.45) is 1.80. The van der Waals surface area contributed by atoms with Crippen LogP contribution in [0.15, 0.2) is 60.7 Å². The van der Waals surface area contributed by atoms with Crippen molar-refractivity contribution in [2.24, 2.45) is 11.1 Å². The molecule has 0 atom stereocenters. The van der Waals surface area contributed by atoms with Crippen LogP contribution in [0.2, 0.25) is 0 Å². The van der Waals surface area contributed by atoms with Gasteiger partial charge in [-0.25, -0.2) is 4.39 Å². The van der Waals surface area contributed by atoms with Crippen LogP contribution >= 0.6 is 0 Å². The Morgan fingerprint density at radius 3 is 2.50 bits per heavy atom. The van der Waals surface area contributed by atoms with Crippen molar-refractivity contribution in [3.63, 3.8) is 0 Å². The number of benzene rings is 3. The molecule has 2 saturated heterocycles. The molecule has 2 heterocycles. The Morgan fingerprint density at radius 1 is 1.03 bits per heavy atom. The van der Waals surface area contributed by atoms with Gasteiger partial charge in [0.1, 0.15) is 12.4 Å². The minimum Gasteiger partial charge on any atom is -0.488 e. The van der Waals surface area contributed by atoms with E-state index in [4.69, 9.17) is 15.2 Å². The number of anilines is 1. The molecule has 2 aliphatic rings. The largest absolute Gasteiger partial charge is 0.488 e. The van der Waals surface area contributed by atoms with Gasteiger partial charge in [0.25, 0.3) is 0 Å². The highest BCUT2D eigenvalue weighted by Crippen LogP contribution is 2.41. The molecule has 0 aliphatic carbocycles. The van der Waals surface area contributed by atoms with Crippen LogP contribution < -0.4 is 15.4 Å². The number of carboxylic acid groups (broad SMARTS) is 1. The van der Waals surface area contributed by atoms with E-state index in [1.165, 1.54) is 0 Å². The molecule has 5 rings (SSSR count). The van der Waals surface area contributed by atoms with Crippen LogP contribution in [0.1, 0.15) is 29.5 Å².